The van der Waals surface area contributed by atoms with Crippen molar-refractivity contribution in [3.8, 4) is 0 Å². The van der Waals surface area contributed by atoms with Gasteiger partial charge in [0.15, 0.2) is 5.69 Å². The fourth-order valence-corrected chi connectivity index (χ4v) is 2.04. The lowest BCUT2D eigenvalue weighted by molar-refractivity contribution is 0.0689. The summed E-state index contributed by atoms with van der Waals surface area (Å²) in [4.78, 5) is 12.9. The number of carboxylic acid groups (broad SMARTS) is 1. The summed E-state index contributed by atoms with van der Waals surface area (Å²) in [6.07, 6.45) is 3.13. The second kappa shape index (κ2) is 4.43. The van der Waals surface area contributed by atoms with E-state index in [2.05, 4.69) is 25.4 Å². The number of nitrogens with zero attached hydrogens (tertiary/aromatic N) is 7. The fraction of sp³-hybridized carbons (Fsp3) is 0.500. The Balaban J connectivity index is 1.57. The van der Waals surface area contributed by atoms with Gasteiger partial charge in [-0.25, -0.2) is 9.48 Å². The SMILES string of the molecule is Cn1cnnc1CN1CC(n2cc(C(=O)O)nn2)C1. The minimum atomic E-state index is -1.05. The van der Waals surface area contributed by atoms with Gasteiger partial charge in [-0.15, -0.1) is 15.3 Å². The van der Waals surface area contributed by atoms with Gasteiger partial charge in [-0.05, 0) is 0 Å². The van der Waals surface area contributed by atoms with Crippen molar-refractivity contribution in [2.24, 2.45) is 7.05 Å². The number of carboxylic acids is 1. The van der Waals surface area contributed by atoms with Crippen LogP contribution in [-0.4, -0.2) is 58.8 Å². The molecule has 0 aromatic carbocycles. The van der Waals surface area contributed by atoms with Gasteiger partial charge in [-0.1, -0.05) is 5.21 Å². The molecule has 2 aromatic rings. The Morgan fingerprint density at radius 2 is 2.26 bits per heavy atom. The van der Waals surface area contributed by atoms with Gasteiger partial charge >= 0.3 is 5.97 Å². The number of aromatic carboxylic acids is 1. The Bertz CT molecular complexity index is 599. The first-order valence-corrected chi connectivity index (χ1v) is 5.84. The van der Waals surface area contributed by atoms with Crippen molar-refractivity contribution in [2.75, 3.05) is 13.1 Å². The summed E-state index contributed by atoms with van der Waals surface area (Å²) in [6, 6.07) is 0.175. The van der Waals surface area contributed by atoms with E-state index in [-0.39, 0.29) is 11.7 Å². The molecule has 19 heavy (non-hydrogen) atoms. The highest BCUT2D eigenvalue weighted by molar-refractivity contribution is 5.84. The Labute approximate surface area is 108 Å². The third-order valence-electron chi connectivity index (χ3n) is 3.21. The molecule has 0 spiro atoms. The Kier molecular flexibility index (Phi) is 2.75. The zero-order chi connectivity index (χ0) is 13.4. The van der Waals surface area contributed by atoms with E-state index in [4.69, 9.17) is 5.11 Å². The molecule has 100 valence electrons. The molecule has 1 aliphatic rings. The monoisotopic (exact) mass is 263 g/mol. The molecule has 2 aromatic heterocycles. The van der Waals surface area contributed by atoms with Crippen LogP contribution in [0.4, 0.5) is 0 Å². The first-order valence-electron chi connectivity index (χ1n) is 5.84. The van der Waals surface area contributed by atoms with Crippen LogP contribution in [0.25, 0.3) is 0 Å². The molecule has 9 heteroatoms. The third kappa shape index (κ3) is 2.19. The number of hydrogen-bond donors (Lipinski definition) is 1. The van der Waals surface area contributed by atoms with Crippen molar-refractivity contribution < 1.29 is 9.90 Å². The summed E-state index contributed by atoms with van der Waals surface area (Å²) >= 11 is 0. The highest BCUT2D eigenvalue weighted by Gasteiger charge is 2.30. The molecule has 3 rings (SSSR count). The second-order valence-electron chi connectivity index (χ2n) is 4.59. The van der Waals surface area contributed by atoms with E-state index in [1.54, 1.807) is 11.0 Å². The lowest BCUT2D eigenvalue weighted by Gasteiger charge is -2.38. The normalized spacial score (nSPS) is 16.5. The van der Waals surface area contributed by atoms with E-state index < -0.39 is 5.97 Å². The molecule has 0 aliphatic carbocycles. The molecule has 0 atom stereocenters. The highest BCUT2D eigenvalue weighted by Crippen LogP contribution is 2.21. The zero-order valence-electron chi connectivity index (χ0n) is 10.3. The maximum atomic E-state index is 10.7. The standard InChI is InChI=1S/C10H13N7O2/c1-15-6-11-13-9(15)5-16-2-7(3-16)17-4-8(10(18)19)12-14-17/h4,6-7H,2-3,5H2,1H3,(H,18,19). The van der Waals surface area contributed by atoms with Gasteiger partial charge in [-0.3, -0.25) is 4.90 Å². The van der Waals surface area contributed by atoms with Crippen LogP contribution < -0.4 is 0 Å². The zero-order valence-corrected chi connectivity index (χ0v) is 10.3. The van der Waals surface area contributed by atoms with E-state index in [1.165, 1.54) is 6.20 Å². The fourth-order valence-electron chi connectivity index (χ4n) is 2.04. The summed E-state index contributed by atoms with van der Waals surface area (Å²) < 4.78 is 3.49. The molecule has 0 radical (unpaired) electrons. The van der Waals surface area contributed by atoms with Crippen molar-refractivity contribution in [1.29, 1.82) is 0 Å². The van der Waals surface area contributed by atoms with Gasteiger partial charge in [0, 0.05) is 20.1 Å². The topological polar surface area (TPSA) is 102 Å². The number of aromatic nitrogens is 6. The molecule has 1 fully saturated rings. The molecule has 1 saturated heterocycles. The van der Waals surface area contributed by atoms with Crippen LogP contribution >= 0.6 is 0 Å². The quantitative estimate of drug-likeness (QED) is 0.767. The minimum absolute atomic E-state index is 0.0215. The number of aryl methyl sites for hydroxylation is 1. The summed E-state index contributed by atoms with van der Waals surface area (Å²) in [5, 5.41) is 24.1. The van der Waals surface area contributed by atoms with Gasteiger partial charge < -0.3 is 9.67 Å². The maximum Gasteiger partial charge on any atom is 0.358 e. The molecule has 1 N–H and O–H groups in total. The smallest absolute Gasteiger partial charge is 0.358 e. The van der Waals surface area contributed by atoms with Gasteiger partial charge in [0.05, 0.1) is 18.8 Å². The van der Waals surface area contributed by atoms with Crippen molar-refractivity contribution in [1.82, 2.24) is 34.7 Å². The van der Waals surface area contributed by atoms with Crippen LogP contribution in [0, 0.1) is 0 Å². The average molecular weight is 263 g/mol. The number of likely N-dealkylation sites (tertiary alicyclic amines) is 1. The number of hydrogen-bond acceptors (Lipinski definition) is 6. The van der Waals surface area contributed by atoms with Gasteiger partial charge in [0.2, 0.25) is 0 Å². The third-order valence-corrected chi connectivity index (χ3v) is 3.21. The van der Waals surface area contributed by atoms with Gasteiger partial charge in [0.25, 0.3) is 0 Å². The molecule has 0 unspecified atom stereocenters. The summed E-state index contributed by atoms with van der Waals surface area (Å²) in [5.41, 5.74) is -0.0215. The van der Waals surface area contributed by atoms with E-state index in [0.29, 0.717) is 0 Å². The summed E-state index contributed by atoms with van der Waals surface area (Å²) in [6.45, 7) is 2.33. The van der Waals surface area contributed by atoms with Crippen molar-refractivity contribution in [2.45, 2.75) is 12.6 Å². The molecule has 0 bridgehead atoms. The molecule has 9 nitrogen and oxygen atoms in total. The lowest BCUT2D eigenvalue weighted by Crippen LogP contribution is -2.47. The van der Waals surface area contributed by atoms with E-state index in [1.807, 2.05) is 11.6 Å². The van der Waals surface area contributed by atoms with Crippen LogP contribution in [0.1, 0.15) is 22.4 Å². The van der Waals surface area contributed by atoms with Crippen molar-refractivity contribution >= 4 is 5.97 Å². The van der Waals surface area contributed by atoms with Gasteiger partial charge in [0.1, 0.15) is 12.2 Å². The first kappa shape index (κ1) is 11.8. The van der Waals surface area contributed by atoms with E-state index in [0.717, 1.165) is 25.5 Å². The highest BCUT2D eigenvalue weighted by atomic mass is 16.4. The molecule has 3 heterocycles. The predicted molar refractivity (Wildman–Crippen MR) is 62.3 cm³/mol. The average Bonchev–Trinajstić information content (AvgIpc) is 2.92. The second-order valence-corrected chi connectivity index (χ2v) is 4.59. The van der Waals surface area contributed by atoms with Crippen LogP contribution in [0.3, 0.4) is 0 Å². The van der Waals surface area contributed by atoms with Crippen LogP contribution in [0.2, 0.25) is 0 Å². The number of rotatable bonds is 4. The maximum absolute atomic E-state index is 10.7. The molecular formula is C10H13N7O2. The molecular weight excluding hydrogens is 250 g/mol. The van der Waals surface area contributed by atoms with Crippen LogP contribution in [0.15, 0.2) is 12.5 Å². The summed E-state index contributed by atoms with van der Waals surface area (Å²) in [5.74, 6) is -0.148. The van der Waals surface area contributed by atoms with Crippen LogP contribution in [0.5, 0.6) is 0 Å². The van der Waals surface area contributed by atoms with Gasteiger partial charge in [-0.2, -0.15) is 0 Å². The first-order chi connectivity index (χ1) is 9.13. The Morgan fingerprint density at radius 3 is 2.84 bits per heavy atom. The van der Waals surface area contributed by atoms with E-state index >= 15 is 0 Å². The van der Waals surface area contributed by atoms with E-state index in [9.17, 15) is 4.79 Å². The van der Waals surface area contributed by atoms with Crippen molar-refractivity contribution in [3.63, 3.8) is 0 Å². The Morgan fingerprint density at radius 1 is 1.47 bits per heavy atom. The number of carbonyl (C=O) groups is 1. The minimum Gasteiger partial charge on any atom is -0.476 e. The molecule has 1 aliphatic heterocycles. The molecule has 0 saturated carbocycles. The Hall–Kier alpha value is -2.29. The predicted octanol–water partition coefficient (Wildman–Crippen LogP) is -0.838. The van der Waals surface area contributed by atoms with Crippen LogP contribution in [-0.2, 0) is 13.6 Å². The lowest BCUT2D eigenvalue weighted by atomic mass is 10.1. The summed E-state index contributed by atoms with van der Waals surface area (Å²) in [7, 11) is 1.91. The largest absolute Gasteiger partial charge is 0.476 e. The molecule has 0 amide bonds. The van der Waals surface area contributed by atoms with Crippen molar-refractivity contribution in [3.05, 3.63) is 24.0 Å².